The number of rotatable bonds is 3. The summed E-state index contributed by atoms with van der Waals surface area (Å²) in [5.41, 5.74) is 0.405. The first-order chi connectivity index (χ1) is 9.08. The van der Waals surface area contributed by atoms with Crippen LogP contribution >= 0.6 is 0 Å². The highest BCUT2D eigenvalue weighted by atomic mass is 16.6. The molecule has 4 atom stereocenters. The maximum absolute atomic E-state index is 11.5. The SMILES string of the molecule is CNC(=O)c1ccc[n+]([C@@H]2O[C@H](CO)[C@@H](O)[C@H]2O)c1. The first-order valence-electron chi connectivity index (χ1n) is 5.94. The van der Waals surface area contributed by atoms with Crippen molar-refractivity contribution in [3.8, 4) is 0 Å². The summed E-state index contributed by atoms with van der Waals surface area (Å²) in [6, 6.07) is 3.26. The lowest BCUT2D eigenvalue weighted by molar-refractivity contribution is -0.765. The van der Waals surface area contributed by atoms with Crippen molar-refractivity contribution in [1.29, 1.82) is 0 Å². The van der Waals surface area contributed by atoms with Gasteiger partial charge in [0.15, 0.2) is 18.5 Å². The molecule has 4 N–H and O–H groups in total. The molecule has 1 aliphatic rings. The number of hydrogen-bond donors (Lipinski definition) is 4. The van der Waals surface area contributed by atoms with Crippen molar-refractivity contribution in [3.63, 3.8) is 0 Å². The normalized spacial score (nSPS) is 30.3. The predicted octanol–water partition coefficient (Wildman–Crippen LogP) is -2.05. The molecule has 0 bridgehead atoms. The second-order valence-electron chi connectivity index (χ2n) is 4.35. The third-order valence-corrected chi connectivity index (χ3v) is 3.12. The molecule has 19 heavy (non-hydrogen) atoms. The fourth-order valence-corrected chi connectivity index (χ4v) is 2.06. The van der Waals surface area contributed by atoms with Gasteiger partial charge in [-0.2, -0.15) is 4.57 Å². The molecule has 7 heteroatoms. The average Bonchev–Trinajstić information content (AvgIpc) is 2.74. The zero-order valence-electron chi connectivity index (χ0n) is 10.4. The molecular weight excluding hydrogens is 252 g/mol. The van der Waals surface area contributed by atoms with Gasteiger partial charge >= 0.3 is 0 Å². The number of carbonyl (C=O) groups is 1. The van der Waals surface area contributed by atoms with Crippen LogP contribution in [-0.4, -0.2) is 53.2 Å². The fourth-order valence-electron chi connectivity index (χ4n) is 2.06. The molecule has 1 aromatic heterocycles. The second-order valence-corrected chi connectivity index (χ2v) is 4.35. The molecule has 1 fully saturated rings. The van der Waals surface area contributed by atoms with Crippen molar-refractivity contribution >= 4 is 5.91 Å². The predicted molar refractivity (Wildman–Crippen MR) is 63.0 cm³/mol. The van der Waals surface area contributed by atoms with Gasteiger partial charge in [-0.1, -0.05) is 0 Å². The summed E-state index contributed by atoms with van der Waals surface area (Å²) in [5.74, 6) is -0.263. The second kappa shape index (κ2) is 5.62. The van der Waals surface area contributed by atoms with Gasteiger partial charge in [0, 0.05) is 13.1 Å². The van der Waals surface area contributed by atoms with Crippen LogP contribution in [0.25, 0.3) is 0 Å². The molecule has 0 spiro atoms. The van der Waals surface area contributed by atoms with Gasteiger partial charge in [-0.3, -0.25) is 4.79 Å². The summed E-state index contributed by atoms with van der Waals surface area (Å²) in [7, 11) is 1.52. The van der Waals surface area contributed by atoms with Crippen molar-refractivity contribution in [2.24, 2.45) is 0 Å². The third kappa shape index (κ3) is 2.59. The zero-order valence-corrected chi connectivity index (χ0v) is 10.4. The highest BCUT2D eigenvalue weighted by Crippen LogP contribution is 2.24. The number of aromatic nitrogens is 1. The Hall–Kier alpha value is -1.54. The number of aliphatic hydroxyl groups is 3. The van der Waals surface area contributed by atoms with Gasteiger partial charge in [-0.25, -0.2) is 0 Å². The molecule has 0 saturated carbocycles. The third-order valence-electron chi connectivity index (χ3n) is 3.12. The van der Waals surface area contributed by atoms with Gasteiger partial charge < -0.3 is 25.4 Å². The van der Waals surface area contributed by atoms with E-state index in [2.05, 4.69) is 5.32 Å². The van der Waals surface area contributed by atoms with E-state index < -0.39 is 24.5 Å². The van der Waals surface area contributed by atoms with Crippen molar-refractivity contribution in [3.05, 3.63) is 30.1 Å². The maximum atomic E-state index is 11.5. The van der Waals surface area contributed by atoms with Gasteiger partial charge in [0.05, 0.1) is 6.61 Å². The number of amides is 1. The lowest BCUT2D eigenvalue weighted by Gasteiger charge is -2.10. The Kier molecular flexibility index (Phi) is 4.11. The molecule has 0 aliphatic carbocycles. The first-order valence-corrected chi connectivity index (χ1v) is 5.94. The summed E-state index contributed by atoms with van der Waals surface area (Å²) in [5, 5.41) is 31.1. The summed E-state index contributed by atoms with van der Waals surface area (Å²) in [6.45, 7) is -0.385. The van der Waals surface area contributed by atoms with Crippen LogP contribution in [0.15, 0.2) is 24.5 Å². The molecule has 2 heterocycles. The average molecular weight is 269 g/mol. The Balaban J connectivity index is 2.25. The van der Waals surface area contributed by atoms with Crippen LogP contribution in [0, 0.1) is 0 Å². The van der Waals surface area contributed by atoms with E-state index >= 15 is 0 Å². The van der Waals surface area contributed by atoms with E-state index in [-0.39, 0.29) is 12.5 Å². The minimum atomic E-state index is -1.16. The largest absolute Gasteiger partial charge is 0.394 e. The highest BCUT2D eigenvalue weighted by molar-refractivity contribution is 5.93. The molecule has 7 nitrogen and oxygen atoms in total. The number of ether oxygens (including phenoxy) is 1. The highest BCUT2D eigenvalue weighted by Gasteiger charge is 2.47. The van der Waals surface area contributed by atoms with Crippen molar-refractivity contribution in [2.75, 3.05) is 13.7 Å². The molecule has 0 radical (unpaired) electrons. The molecule has 0 aromatic carbocycles. The molecular formula is C12H17N2O5+. The van der Waals surface area contributed by atoms with Gasteiger partial charge in [0.2, 0.25) is 0 Å². The van der Waals surface area contributed by atoms with E-state index in [1.165, 1.54) is 17.8 Å². The topological polar surface area (TPSA) is 103 Å². The van der Waals surface area contributed by atoms with Crippen LogP contribution in [-0.2, 0) is 4.74 Å². The van der Waals surface area contributed by atoms with E-state index in [1.807, 2.05) is 0 Å². The van der Waals surface area contributed by atoms with Crippen molar-refractivity contribution in [2.45, 2.75) is 24.5 Å². The number of nitrogens with zero attached hydrogens (tertiary/aromatic N) is 1. The standard InChI is InChI=1S/C12H16N2O5/c1-13-11(18)7-3-2-4-14(5-7)12-10(17)9(16)8(6-15)19-12/h2-5,8-10,12,15-17H,6H2,1H3/p+1/t8-,9-,10-,12-/m1/s1. The van der Waals surface area contributed by atoms with Crippen LogP contribution < -0.4 is 9.88 Å². The van der Waals surface area contributed by atoms with E-state index in [0.717, 1.165) is 0 Å². The Morgan fingerprint density at radius 2 is 2.21 bits per heavy atom. The summed E-state index contributed by atoms with van der Waals surface area (Å²) in [4.78, 5) is 11.5. The van der Waals surface area contributed by atoms with E-state index in [1.54, 1.807) is 18.3 Å². The Morgan fingerprint density at radius 3 is 2.79 bits per heavy atom. The van der Waals surface area contributed by atoms with Gasteiger partial charge in [-0.05, 0) is 6.07 Å². The Morgan fingerprint density at radius 1 is 1.47 bits per heavy atom. The summed E-state index contributed by atoms with van der Waals surface area (Å²) in [6.07, 6.45) is -0.868. The fraction of sp³-hybridized carbons (Fsp3) is 0.500. The van der Waals surface area contributed by atoms with E-state index in [9.17, 15) is 15.0 Å². The van der Waals surface area contributed by atoms with E-state index in [4.69, 9.17) is 9.84 Å². The lowest BCUT2D eigenvalue weighted by atomic mass is 10.1. The van der Waals surface area contributed by atoms with Crippen LogP contribution in [0.5, 0.6) is 0 Å². The molecule has 1 amide bonds. The Bertz CT molecular complexity index is 467. The number of carbonyl (C=O) groups excluding carboxylic acids is 1. The monoisotopic (exact) mass is 269 g/mol. The van der Waals surface area contributed by atoms with Gasteiger partial charge in [-0.15, -0.1) is 0 Å². The minimum absolute atomic E-state index is 0.263. The van der Waals surface area contributed by atoms with Gasteiger partial charge in [0.1, 0.15) is 17.8 Å². The molecule has 0 unspecified atom stereocenters. The Labute approximate surface area is 110 Å². The smallest absolute Gasteiger partial charge is 0.292 e. The molecule has 2 rings (SSSR count). The molecule has 1 aliphatic heterocycles. The summed E-state index contributed by atoms with van der Waals surface area (Å²) >= 11 is 0. The van der Waals surface area contributed by atoms with Crippen LogP contribution in [0.4, 0.5) is 0 Å². The van der Waals surface area contributed by atoms with Crippen LogP contribution in [0.3, 0.4) is 0 Å². The first kappa shape index (κ1) is 13.9. The lowest BCUT2D eigenvalue weighted by Crippen LogP contribution is -2.46. The molecule has 104 valence electrons. The van der Waals surface area contributed by atoms with Crippen molar-refractivity contribution in [1.82, 2.24) is 5.32 Å². The zero-order chi connectivity index (χ0) is 14.0. The summed E-state index contributed by atoms with van der Waals surface area (Å²) < 4.78 is 6.86. The van der Waals surface area contributed by atoms with Crippen LogP contribution in [0.1, 0.15) is 16.6 Å². The number of hydrogen-bond acceptors (Lipinski definition) is 5. The quantitative estimate of drug-likeness (QED) is 0.473. The molecule has 1 aromatic rings. The number of nitrogens with one attached hydrogen (secondary N) is 1. The van der Waals surface area contributed by atoms with Gasteiger partial charge in [0.25, 0.3) is 12.1 Å². The van der Waals surface area contributed by atoms with E-state index in [0.29, 0.717) is 5.56 Å². The minimum Gasteiger partial charge on any atom is -0.394 e. The number of aliphatic hydroxyl groups excluding tert-OH is 3. The van der Waals surface area contributed by atoms with Crippen molar-refractivity contribution < 1.29 is 29.4 Å². The maximum Gasteiger partial charge on any atom is 0.292 e. The van der Waals surface area contributed by atoms with Crippen LogP contribution in [0.2, 0.25) is 0 Å². The number of pyridine rings is 1. The molecule has 1 saturated heterocycles.